The number of nitro benzene ring substituents is 1. The molecule has 2 aromatic rings. The Bertz CT molecular complexity index is 937. The van der Waals surface area contributed by atoms with Gasteiger partial charge in [0.1, 0.15) is 18.3 Å². The molecule has 0 radical (unpaired) electrons. The molecule has 1 aliphatic rings. The highest BCUT2D eigenvalue weighted by molar-refractivity contribution is 7.99. The third-order valence-electron chi connectivity index (χ3n) is 5.20. The van der Waals surface area contributed by atoms with Gasteiger partial charge in [0.25, 0.3) is 5.69 Å². The molecule has 33 heavy (non-hydrogen) atoms. The van der Waals surface area contributed by atoms with Crippen molar-refractivity contribution in [1.82, 2.24) is 10.2 Å². The summed E-state index contributed by atoms with van der Waals surface area (Å²) in [4.78, 5) is 37.7. The first-order valence-corrected chi connectivity index (χ1v) is 12.0. The number of nitro groups is 1. The fourth-order valence-electron chi connectivity index (χ4n) is 3.45. The minimum Gasteiger partial charge on any atom is -0.445 e. The zero-order valence-electron chi connectivity index (χ0n) is 18.3. The highest BCUT2D eigenvalue weighted by atomic mass is 32.2. The zero-order valence-corrected chi connectivity index (χ0v) is 19.1. The van der Waals surface area contributed by atoms with Gasteiger partial charge >= 0.3 is 6.09 Å². The van der Waals surface area contributed by atoms with Gasteiger partial charge < -0.3 is 20.3 Å². The van der Waals surface area contributed by atoms with Crippen LogP contribution >= 0.6 is 11.8 Å². The molecular formula is C23H28N4O5S. The van der Waals surface area contributed by atoms with Crippen LogP contribution in [0.1, 0.15) is 24.8 Å². The Kier molecular flexibility index (Phi) is 9.37. The SMILES string of the molecule is O=C(NC(CCCCNc1ccccc1[N+](=O)[O-])C(=O)N1CCSC1)OCc1ccccc1. The van der Waals surface area contributed by atoms with Crippen molar-refractivity contribution in [2.24, 2.45) is 0 Å². The number of rotatable bonds is 11. The van der Waals surface area contributed by atoms with E-state index in [-0.39, 0.29) is 18.2 Å². The lowest BCUT2D eigenvalue weighted by atomic mass is 10.1. The molecule has 1 unspecified atom stereocenters. The van der Waals surface area contributed by atoms with Crippen molar-refractivity contribution < 1.29 is 19.2 Å². The largest absolute Gasteiger partial charge is 0.445 e. The summed E-state index contributed by atoms with van der Waals surface area (Å²) in [5.74, 6) is 1.40. The average molecular weight is 473 g/mol. The van der Waals surface area contributed by atoms with E-state index in [1.54, 1.807) is 34.9 Å². The summed E-state index contributed by atoms with van der Waals surface area (Å²) in [7, 11) is 0. The highest BCUT2D eigenvalue weighted by Crippen LogP contribution is 2.23. The molecule has 1 saturated heterocycles. The number of benzene rings is 2. The van der Waals surface area contributed by atoms with E-state index >= 15 is 0 Å². The molecule has 10 heteroatoms. The van der Waals surface area contributed by atoms with Gasteiger partial charge in [-0.2, -0.15) is 0 Å². The molecule has 2 N–H and O–H groups in total. The first kappa shape index (κ1) is 24.4. The van der Waals surface area contributed by atoms with Crippen molar-refractivity contribution in [1.29, 1.82) is 0 Å². The van der Waals surface area contributed by atoms with Gasteiger partial charge in [-0.15, -0.1) is 11.8 Å². The first-order chi connectivity index (χ1) is 16.0. The van der Waals surface area contributed by atoms with Crippen LogP contribution in [0.15, 0.2) is 54.6 Å². The Morgan fingerprint density at radius 1 is 1.12 bits per heavy atom. The summed E-state index contributed by atoms with van der Waals surface area (Å²) in [6.45, 7) is 1.32. The maximum atomic E-state index is 12.9. The first-order valence-electron chi connectivity index (χ1n) is 10.9. The topological polar surface area (TPSA) is 114 Å². The van der Waals surface area contributed by atoms with Crippen LogP contribution in [-0.4, -0.2) is 52.6 Å². The van der Waals surface area contributed by atoms with Gasteiger partial charge in [-0.25, -0.2) is 4.79 Å². The number of carbonyl (C=O) groups is 2. The number of ether oxygens (including phenoxy) is 1. The predicted octanol–water partition coefficient (Wildman–Crippen LogP) is 4.00. The molecule has 2 aromatic carbocycles. The minimum absolute atomic E-state index is 0.0277. The van der Waals surface area contributed by atoms with Gasteiger partial charge in [-0.05, 0) is 30.9 Å². The molecule has 1 atom stereocenters. The van der Waals surface area contributed by atoms with E-state index in [0.29, 0.717) is 43.9 Å². The van der Waals surface area contributed by atoms with Crippen LogP contribution in [0.4, 0.5) is 16.2 Å². The summed E-state index contributed by atoms with van der Waals surface area (Å²) >= 11 is 1.68. The van der Waals surface area contributed by atoms with E-state index in [0.717, 1.165) is 11.3 Å². The van der Waals surface area contributed by atoms with E-state index in [9.17, 15) is 19.7 Å². The molecule has 176 valence electrons. The van der Waals surface area contributed by atoms with E-state index < -0.39 is 17.1 Å². The Morgan fingerprint density at radius 3 is 2.61 bits per heavy atom. The molecular weight excluding hydrogens is 444 g/mol. The van der Waals surface area contributed by atoms with Gasteiger partial charge in [0.15, 0.2) is 0 Å². The summed E-state index contributed by atoms with van der Waals surface area (Å²) in [6, 6.07) is 15.2. The van der Waals surface area contributed by atoms with Crippen molar-refractivity contribution in [3.05, 3.63) is 70.3 Å². The Balaban J connectivity index is 1.48. The van der Waals surface area contributed by atoms with Gasteiger partial charge in [0, 0.05) is 24.9 Å². The van der Waals surface area contributed by atoms with Crippen molar-refractivity contribution in [3.63, 3.8) is 0 Å². The number of thioether (sulfide) groups is 1. The number of alkyl carbamates (subject to hydrolysis) is 1. The smallest absolute Gasteiger partial charge is 0.408 e. The second-order valence-electron chi connectivity index (χ2n) is 7.59. The molecule has 0 bridgehead atoms. The molecule has 1 heterocycles. The van der Waals surface area contributed by atoms with Gasteiger partial charge in [-0.3, -0.25) is 14.9 Å². The molecule has 1 fully saturated rings. The van der Waals surface area contributed by atoms with E-state index in [4.69, 9.17) is 4.74 Å². The Morgan fingerprint density at radius 2 is 1.88 bits per heavy atom. The van der Waals surface area contributed by atoms with Crippen molar-refractivity contribution in [3.8, 4) is 0 Å². The van der Waals surface area contributed by atoms with Crippen LogP contribution in [0, 0.1) is 10.1 Å². The maximum Gasteiger partial charge on any atom is 0.408 e. The minimum atomic E-state index is -0.668. The predicted molar refractivity (Wildman–Crippen MR) is 128 cm³/mol. The molecule has 9 nitrogen and oxygen atoms in total. The lowest BCUT2D eigenvalue weighted by Gasteiger charge is -2.23. The number of nitrogens with one attached hydrogen (secondary N) is 2. The molecule has 1 aliphatic heterocycles. The number of nitrogens with zero attached hydrogens (tertiary/aromatic N) is 2. The molecule has 0 saturated carbocycles. The monoisotopic (exact) mass is 472 g/mol. The Hall–Kier alpha value is -3.27. The molecule has 2 amide bonds. The van der Waals surface area contributed by atoms with Crippen LogP contribution in [0.3, 0.4) is 0 Å². The van der Waals surface area contributed by atoms with Gasteiger partial charge in [0.05, 0.1) is 10.8 Å². The lowest BCUT2D eigenvalue weighted by Crippen LogP contribution is -2.47. The van der Waals surface area contributed by atoms with Gasteiger partial charge in [-0.1, -0.05) is 42.5 Å². The second kappa shape index (κ2) is 12.7. The maximum absolute atomic E-state index is 12.9. The van der Waals surface area contributed by atoms with E-state index in [1.165, 1.54) is 6.07 Å². The molecule has 3 rings (SSSR count). The fraction of sp³-hybridized carbons (Fsp3) is 0.391. The number of anilines is 1. The number of para-hydroxylation sites is 2. The van der Waals surface area contributed by atoms with Crippen molar-refractivity contribution in [2.75, 3.05) is 30.0 Å². The number of unbranched alkanes of at least 4 members (excludes halogenated alkanes) is 1. The van der Waals surface area contributed by atoms with Crippen LogP contribution in [0.5, 0.6) is 0 Å². The van der Waals surface area contributed by atoms with Crippen LogP contribution in [0.25, 0.3) is 0 Å². The number of carbonyl (C=O) groups excluding carboxylic acids is 2. The number of amides is 2. The number of hydrogen-bond donors (Lipinski definition) is 2. The summed E-state index contributed by atoms with van der Waals surface area (Å²) in [6.07, 6.45) is 1.18. The fourth-order valence-corrected chi connectivity index (χ4v) is 4.41. The quantitative estimate of drug-likeness (QED) is 0.289. The van der Waals surface area contributed by atoms with Crippen molar-refractivity contribution in [2.45, 2.75) is 31.9 Å². The lowest BCUT2D eigenvalue weighted by molar-refractivity contribution is -0.384. The Labute approximate surface area is 197 Å². The van der Waals surface area contributed by atoms with Crippen LogP contribution in [-0.2, 0) is 16.1 Å². The summed E-state index contributed by atoms with van der Waals surface area (Å²) in [5.41, 5.74) is 1.36. The summed E-state index contributed by atoms with van der Waals surface area (Å²) in [5, 5.41) is 16.9. The molecule has 0 aliphatic carbocycles. The third-order valence-corrected chi connectivity index (χ3v) is 6.17. The van der Waals surface area contributed by atoms with Gasteiger partial charge in [0.2, 0.25) is 5.91 Å². The van der Waals surface area contributed by atoms with Crippen LogP contribution in [0.2, 0.25) is 0 Å². The normalized spacial score (nSPS) is 13.9. The summed E-state index contributed by atoms with van der Waals surface area (Å²) < 4.78 is 5.29. The highest BCUT2D eigenvalue weighted by Gasteiger charge is 2.28. The standard InChI is InChI=1S/C23H28N4O5S/c28-22(26-14-15-33-17-26)20(25-23(29)32-16-18-8-2-1-3-9-18)11-6-7-13-24-19-10-4-5-12-21(19)27(30)31/h1-5,8-10,12,20,24H,6-7,11,13-17H2,(H,25,29). The zero-order chi connectivity index (χ0) is 23.5. The number of hydrogen-bond acceptors (Lipinski definition) is 7. The van der Waals surface area contributed by atoms with E-state index in [2.05, 4.69) is 10.6 Å². The second-order valence-corrected chi connectivity index (χ2v) is 8.67. The van der Waals surface area contributed by atoms with Crippen LogP contribution < -0.4 is 10.6 Å². The average Bonchev–Trinajstić information content (AvgIpc) is 3.37. The molecule has 0 aromatic heterocycles. The van der Waals surface area contributed by atoms with E-state index in [1.807, 2.05) is 30.3 Å². The molecule has 0 spiro atoms. The third kappa shape index (κ3) is 7.67. The van der Waals surface area contributed by atoms with Crippen molar-refractivity contribution >= 4 is 35.1 Å².